The lowest BCUT2D eigenvalue weighted by Crippen LogP contribution is -2.48. The minimum absolute atomic E-state index is 0.108. The van der Waals surface area contributed by atoms with Crippen molar-refractivity contribution in [1.29, 1.82) is 0 Å². The lowest BCUT2D eigenvalue weighted by atomic mass is 10.1. The fourth-order valence-corrected chi connectivity index (χ4v) is 4.74. The van der Waals surface area contributed by atoms with Gasteiger partial charge in [0.2, 0.25) is 11.9 Å². The molecule has 1 fully saturated rings. The Hall–Kier alpha value is -3.87. The maximum absolute atomic E-state index is 14.1. The summed E-state index contributed by atoms with van der Waals surface area (Å²) < 4.78 is 5.28. The first-order chi connectivity index (χ1) is 20.0. The van der Waals surface area contributed by atoms with Crippen LogP contribution in [-0.4, -0.2) is 86.9 Å². The van der Waals surface area contributed by atoms with Crippen LogP contribution in [0.1, 0.15) is 49.4 Å². The predicted molar refractivity (Wildman–Crippen MR) is 162 cm³/mol. The Morgan fingerprint density at radius 3 is 2.43 bits per heavy atom. The molecule has 4 rings (SSSR count). The number of aromatic nitrogens is 4. The number of β-amino-alcohol motifs (C(OH)–C–C–N with tert-alkyl or cyclic N) is 1. The highest BCUT2D eigenvalue weighted by atomic mass is 35.5. The summed E-state index contributed by atoms with van der Waals surface area (Å²) in [6.45, 7) is 12.7. The van der Waals surface area contributed by atoms with Gasteiger partial charge in [0.1, 0.15) is 17.2 Å². The number of anilines is 4. The predicted octanol–water partition coefficient (Wildman–Crippen LogP) is 4.23. The molecule has 13 heteroatoms. The van der Waals surface area contributed by atoms with E-state index < -0.39 is 17.6 Å². The monoisotopic (exact) mass is 596 g/mol. The molecule has 0 unspecified atom stereocenters. The summed E-state index contributed by atoms with van der Waals surface area (Å²) in [5.41, 5.74) is 0.777. The quantitative estimate of drug-likeness (QED) is 0.388. The number of aryl methyl sites for hydroxylation is 2. The van der Waals surface area contributed by atoms with Crippen molar-refractivity contribution in [2.75, 3.05) is 54.4 Å². The zero-order chi connectivity index (χ0) is 30.4. The molecule has 1 aliphatic heterocycles. The summed E-state index contributed by atoms with van der Waals surface area (Å²) in [7, 11) is 0. The van der Waals surface area contributed by atoms with Crippen molar-refractivity contribution in [2.24, 2.45) is 0 Å². The average molecular weight is 597 g/mol. The number of hydrogen-bond acceptors (Lipinski definition) is 10. The first-order valence-corrected chi connectivity index (χ1v) is 14.3. The second kappa shape index (κ2) is 13.4. The molecule has 3 aromatic rings. The van der Waals surface area contributed by atoms with Crippen LogP contribution < -0.4 is 15.1 Å². The molecule has 2 amide bonds. The number of aliphatic hydroxyl groups excluding tert-OH is 1. The molecular weight excluding hydrogens is 560 g/mol. The normalized spacial score (nSPS) is 14.0. The van der Waals surface area contributed by atoms with Crippen LogP contribution in [0.2, 0.25) is 5.02 Å². The van der Waals surface area contributed by atoms with Gasteiger partial charge in [-0.25, -0.2) is 14.7 Å². The van der Waals surface area contributed by atoms with Crippen LogP contribution >= 0.6 is 11.6 Å². The molecular formula is C29H37ClN8O4. The number of ether oxygens (including phenoxy) is 1. The number of carbonyl (C=O) groups excluding carboxylic acids is 2. The molecule has 2 aromatic heterocycles. The average Bonchev–Trinajstić information content (AvgIpc) is 2.94. The van der Waals surface area contributed by atoms with E-state index in [0.29, 0.717) is 48.5 Å². The SMILES string of the molecule is CCc1nc(N2CCN(CCO)CC2)nc(N(C(=O)c2ccc(NC(=O)OC(C)(C)C)nc2)c2c(C)cccc2Cl)n1. The molecule has 224 valence electrons. The Balaban J connectivity index is 1.70. The third kappa shape index (κ3) is 7.69. The van der Waals surface area contributed by atoms with E-state index in [1.807, 2.05) is 26.0 Å². The van der Waals surface area contributed by atoms with Gasteiger partial charge in [-0.2, -0.15) is 15.0 Å². The maximum Gasteiger partial charge on any atom is 0.413 e. The number of rotatable bonds is 8. The molecule has 0 bridgehead atoms. The van der Waals surface area contributed by atoms with Crippen LogP contribution in [0, 0.1) is 6.92 Å². The fourth-order valence-electron chi connectivity index (χ4n) is 4.44. The van der Waals surface area contributed by atoms with Crippen LogP contribution in [-0.2, 0) is 11.2 Å². The number of halogens is 1. The third-order valence-electron chi connectivity index (χ3n) is 6.50. The first kappa shape index (κ1) is 31.1. The Labute approximate surface area is 250 Å². The Morgan fingerprint density at radius 2 is 1.83 bits per heavy atom. The van der Waals surface area contributed by atoms with Crippen LogP contribution in [0.15, 0.2) is 36.5 Å². The number of pyridine rings is 1. The number of nitrogens with one attached hydrogen (secondary N) is 1. The van der Waals surface area contributed by atoms with Crippen LogP contribution in [0.5, 0.6) is 0 Å². The third-order valence-corrected chi connectivity index (χ3v) is 6.81. The second-order valence-electron chi connectivity index (χ2n) is 10.9. The van der Waals surface area contributed by atoms with Crippen molar-refractivity contribution in [3.8, 4) is 0 Å². The van der Waals surface area contributed by atoms with Crippen LogP contribution in [0.3, 0.4) is 0 Å². The van der Waals surface area contributed by atoms with E-state index in [2.05, 4.69) is 30.1 Å². The molecule has 1 aromatic carbocycles. The molecule has 0 aliphatic carbocycles. The molecule has 2 N–H and O–H groups in total. The van der Waals surface area contributed by atoms with Gasteiger partial charge >= 0.3 is 6.09 Å². The van der Waals surface area contributed by atoms with Crippen LogP contribution in [0.25, 0.3) is 0 Å². The lowest BCUT2D eigenvalue weighted by Gasteiger charge is -2.34. The first-order valence-electron chi connectivity index (χ1n) is 13.9. The molecule has 0 saturated carbocycles. The van der Waals surface area contributed by atoms with E-state index >= 15 is 0 Å². The number of hydrogen-bond donors (Lipinski definition) is 2. The van der Waals surface area contributed by atoms with E-state index in [4.69, 9.17) is 21.3 Å². The number of amides is 2. The van der Waals surface area contributed by atoms with Crippen molar-refractivity contribution >= 4 is 47.0 Å². The minimum Gasteiger partial charge on any atom is -0.444 e. The summed E-state index contributed by atoms with van der Waals surface area (Å²) in [4.78, 5) is 50.3. The van der Waals surface area contributed by atoms with Crippen molar-refractivity contribution < 1.29 is 19.4 Å². The van der Waals surface area contributed by atoms with Crippen molar-refractivity contribution in [3.05, 3.63) is 58.5 Å². The van der Waals surface area contributed by atoms with E-state index in [1.165, 1.54) is 17.2 Å². The Morgan fingerprint density at radius 1 is 1.10 bits per heavy atom. The minimum atomic E-state index is -0.666. The largest absolute Gasteiger partial charge is 0.444 e. The molecule has 12 nitrogen and oxygen atoms in total. The standard InChI is InChI=1S/C29H37ClN8O4/c1-6-22-32-26(37-14-12-36(13-15-37)16-17-39)35-27(33-22)38(24-19(2)8-7-9-21(24)30)25(40)20-10-11-23(31-18-20)34-28(41)42-29(3,4)5/h7-11,18,39H,6,12-17H2,1-5H3,(H,31,34,41). The molecule has 42 heavy (non-hydrogen) atoms. The summed E-state index contributed by atoms with van der Waals surface area (Å²) in [6.07, 6.45) is 1.25. The molecule has 1 saturated heterocycles. The molecule has 0 spiro atoms. The van der Waals surface area contributed by atoms with E-state index in [-0.39, 0.29) is 23.9 Å². The Bertz CT molecular complexity index is 1390. The number of piperazine rings is 1. The fraction of sp³-hybridized carbons (Fsp3) is 0.448. The zero-order valence-electron chi connectivity index (χ0n) is 24.6. The summed E-state index contributed by atoms with van der Waals surface area (Å²) in [6, 6.07) is 8.46. The van der Waals surface area contributed by atoms with Gasteiger partial charge in [0, 0.05) is 45.3 Å². The molecule has 3 heterocycles. The highest BCUT2D eigenvalue weighted by Crippen LogP contribution is 2.35. The topological polar surface area (TPSA) is 137 Å². The van der Waals surface area contributed by atoms with Crippen molar-refractivity contribution in [1.82, 2.24) is 24.8 Å². The number of carbonyl (C=O) groups is 2. The molecule has 1 aliphatic rings. The van der Waals surface area contributed by atoms with Crippen molar-refractivity contribution in [2.45, 2.75) is 46.6 Å². The smallest absolute Gasteiger partial charge is 0.413 e. The van der Waals surface area contributed by atoms with Gasteiger partial charge in [-0.1, -0.05) is 30.7 Å². The Kier molecular flexibility index (Phi) is 9.92. The number of benzene rings is 1. The highest BCUT2D eigenvalue weighted by molar-refractivity contribution is 6.34. The van der Waals surface area contributed by atoms with E-state index in [9.17, 15) is 14.7 Å². The molecule has 0 atom stereocenters. The number of para-hydroxylation sites is 1. The summed E-state index contributed by atoms with van der Waals surface area (Å²) >= 11 is 6.67. The number of nitrogens with zero attached hydrogens (tertiary/aromatic N) is 7. The molecule has 0 radical (unpaired) electrons. The van der Waals surface area contributed by atoms with Gasteiger partial charge in [0.15, 0.2) is 0 Å². The van der Waals surface area contributed by atoms with Crippen molar-refractivity contribution in [3.63, 3.8) is 0 Å². The van der Waals surface area contributed by atoms with E-state index in [0.717, 1.165) is 18.7 Å². The maximum atomic E-state index is 14.1. The highest BCUT2D eigenvalue weighted by Gasteiger charge is 2.29. The van der Waals surface area contributed by atoms with E-state index in [1.54, 1.807) is 32.9 Å². The van der Waals surface area contributed by atoms with Gasteiger partial charge in [-0.3, -0.25) is 15.0 Å². The van der Waals surface area contributed by atoms with Crippen LogP contribution in [0.4, 0.5) is 28.2 Å². The van der Waals surface area contributed by atoms with Gasteiger partial charge in [0.25, 0.3) is 5.91 Å². The van der Waals surface area contributed by atoms with Gasteiger partial charge < -0.3 is 14.7 Å². The van der Waals surface area contributed by atoms with Gasteiger partial charge in [0.05, 0.1) is 22.9 Å². The summed E-state index contributed by atoms with van der Waals surface area (Å²) in [5, 5.41) is 12.2. The number of aliphatic hydroxyl groups is 1. The second-order valence-corrected chi connectivity index (χ2v) is 11.3. The lowest BCUT2D eigenvalue weighted by molar-refractivity contribution is 0.0635. The van der Waals surface area contributed by atoms with Gasteiger partial charge in [-0.05, 0) is 51.5 Å². The van der Waals surface area contributed by atoms with Gasteiger partial charge in [-0.15, -0.1) is 0 Å². The zero-order valence-corrected chi connectivity index (χ0v) is 25.4. The summed E-state index contributed by atoms with van der Waals surface area (Å²) in [5.74, 6) is 0.932.